The highest BCUT2D eigenvalue weighted by Gasteiger charge is 2.04. The van der Waals surface area contributed by atoms with Crippen LogP contribution in [-0.4, -0.2) is 11.9 Å². The maximum absolute atomic E-state index is 11.2. The summed E-state index contributed by atoms with van der Waals surface area (Å²) < 4.78 is 9.75. The average Bonchev–Trinajstić information content (AvgIpc) is 2.34. The van der Waals surface area contributed by atoms with Gasteiger partial charge in [-0.05, 0) is 26.7 Å². The molecule has 0 rings (SSSR count). The van der Waals surface area contributed by atoms with Gasteiger partial charge in [0.1, 0.15) is 0 Å². The predicted molar refractivity (Wildman–Crippen MR) is 83.4 cm³/mol. The van der Waals surface area contributed by atoms with Gasteiger partial charge in [0, 0.05) is 12.8 Å². The molecule has 0 aliphatic rings. The monoisotopic (exact) mass is 296 g/mol. The van der Waals surface area contributed by atoms with E-state index in [1.807, 2.05) is 0 Å². The van der Waals surface area contributed by atoms with Crippen LogP contribution >= 0.6 is 0 Å². The molecular weight excluding hydrogens is 268 g/mol. The van der Waals surface area contributed by atoms with E-state index < -0.39 is 0 Å². The van der Waals surface area contributed by atoms with Gasteiger partial charge in [0.15, 0.2) is 0 Å². The van der Waals surface area contributed by atoms with Crippen LogP contribution in [-0.2, 0) is 19.1 Å². The van der Waals surface area contributed by atoms with Crippen molar-refractivity contribution in [1.29, 1.82) is 0 Å². The van der Waals surface area contributed by atoms with Gasteiger partial charge in [-0.25, -0.2) is 0 Å². The first-order valence-electron chi connectivity index (χ1n) is 7.64. The van der Waals surface area contributed by atoms with Crippen molar-refractivity contribution in [1.82, 2.24) is 0 Å². The van der Waals surface area contributed by atoms with Crippen molar-refractivity contribution in [2.75, 3.05) is 0 Å². The molecule has 0 radical (unpaired) electrons. The van der Waals surface area contributed by atoms with Gasteiger partial charge in [0.2, 0.25) is 0 Å². The van der Waals surface area contributed by atoms with Gasteiger partial charge in [-0.3, -0.25) is 9.59 Å². The Kier molecular flexibility index (Phi) is 11.3. The molecule has 0 saturated carbocycles. The molecule has 0 N–H and O–H groups in total. The molecule has 4 nitrogen and oxygen atoms in total. The van der Waals surface area contributed by atoms with Crippen LogP contribution in [0, 0.1) is 0 Å². The van der Waals surface area contributed by atoms with Crippen LogP contribution in [0.1, 0.15) is 71.6 Å². The summed E-state index contributed by atoms with van der Waals surface area (Å²) in [5.74, 6) is 0.507. The maximum Gasteiger partial charge on any atom is 0.310 e. The summed E-state index contributed by atoms with van der Waals surface area (Å²) in [6.45, 7) is 10.4. The summed E-state index contributed by atoms with van der Waals surface area (Å²) in [5.41, 5.74) is 0. The molecule has 0 aromatic heterocycles. The molecule has 0 spiro atoms. The third-order valence-corrected chi connectivity index (χ3v) is 2.84. The lowest BCUT2D eigenvalue weighted by Gasteiger charge is -2.04. The fourth-order valence-electron chi connectivity index (χ4n) is 1.91. The minimum Gasteiger partial charge on any atom is -0.432 e. The van der Waals surface area contributed by atoms with E-state index in [9.17, 15) is 9.59 Å². The van der Waals surface area contributed by atoms with Crippen molar-refractivity contribution >= 4 is 11.9 Å². The average molecular weight is 296 g/mol. The number of carbonyl (C=O) groups excluding carboxylic acids is 2. The van der Waals surface area contributed by atoms with Gasteiger partial charge in [0.25, 0.3) is 0 Å². The zero-order valence-electron chi connectivity index (χ0n) is 13.4. The zero-order chi connectivity index (χ0) is 16.1. The van der Waals surface area contributed by atoms with Crippen LogP contribution in [0.3, 0.4) is 0 Å². The standard InChI is InChI=1S/C17H28O4/c1-14(2)20-16(18)12-10-8-6-5-7-9-11-13-17(19)21-15(3)4/h1,3,5-13H2,2,4H3. The van der Waals surface area contributed by atoms with Crippen molar-refractivity contribution in [3.05, 3.63) is 24.7 Å². The SMILES string of the molecule is C=C(C)OC(=O)CCCCCCCCCC(=O)OC(=C)C. The highest BCUT2D eigenvalue weighted by Crippen LogP contribution is 2.11. The number of unbranched alkanes of at least 4 members (excludes halogenated alkanes) is 6. The third kappa shape index (κ3) is 14.6. The topological polar surface area (TPSA) is 52.6 Å². The second-order valence-electron chi connectivity index (χ2n) is 5.33. The Morgan fingerprint density at radius 3 is 1.24 bits per heavy atom. The Hall–Kier alpha value is -1.58. The van der Waals surface area contributed by atoms with Crippen LogP contribution < -0.4 is 0 Å². The van der Waals surface area contributed by atoms with Gasteiger partial charge in [-0.1, -0.05) is 45.3 Å². The van der Waals surface area contributed by atoms with Crippen LogP contribution in [0.5, 0.6) is 0 Å². The number of hydrogen-bond donors (Lipinski definition) is 0. The molecule has 0 atom stereocenters. The number of hydrogen-bond acceptors (Lipinski definition) is 4. The summed E-state index contributed by atoms with van der Waals surface area (Å²) in [5, 5.41) is 0. The van der Waals surface area contributed by atoms with Crippen LogP contribution in [0.15, 0.2) is 24.7 Å². The lowest BCUT2D eigenvalue weighted by Crippen LogP contribution is -2.02. The van der Waals surface area contributed by atoms with Crippen molar-refractivity contribution < 1.29 is 19.1 Å². The summed E-state index contributed by atoms with van der Waals surface area (Å²) in [6, 6.07) is 0. The smallest absolute Gasteiger partial charge is 0.310 e. The molecule has 0 amide bonds. The molecule has 21 heavy (non-hydrogen) atoms. The number of ether oxygens (including phenoxy) is 2. The van der Waals surface area contributed by atoms with E-state index >= 15 is 0 Å². The Bertz CT molecular complexity index is 324. The van der Waals surface area contributed by atoms with Gasteiger partial charge in [-0.2, -0.15) is 0 Å². The third-order valence-electron chi connectivity index (χ3n) is 2.84. The molecule has 0 aliphatic heterocycles. The van der Waals surface area contributed by atoms with Crippen LogP contribution in [0.2, 0.25) is 0 Å². The number of allylic oxidation sites excluding steroid dienone is 2. The van der Waals surface area contributed by atoms with Crippen molar-refractivity contribution in [3.8, 4) is 0 Å². The highest BCUT2D eigenvalue weighted by molar-refractivity contribution is 5.70. The lowest BCUT2D eigenvalue weighted by molar-refractivity contribution is -0.140. The summed E-state index contributed by atoms with van der Waals surface area (Å²) >= 11 is 0. The van der Waals surface area contributed by atoms with E-state index in [0.29, 0.717) is 24.4 Å². The number of esters is 2. The summed E-state index contributed by atoms with van der Waals surface area (Å²) in [7, 11) is 0. The molecule has 4 heteroatoms. The van der Waals surface area contributed by atoms with Crippen molar-refractivity contribution in [2.24, 2.45) is 0 Å². The van der Waals surface area contributed by atoms with Crippen molar-refractivity contribution in [2.45, 2.75) is 71.6 Å². The minimum absolute atomic E-state index is 0.196. The Balaban J connectivity index is 3.30. The summed E-state index contributed by atoms with van der Waals surface area (Å²) in [6.07, 6.45) is 8.04. The van der Waals surface area contributed by atoms with Gasteiger partial charge >= 0.3 is 11.9 Å². The van der Waals surface area contributed by atoms with E-state index in [4.69, 9.17) is 9.47 Å². The minimum atomic E-state index is -0.196. The quantitative estimate of drug-likeness (QED) is 0.299. The fraction of sp³-hybridized carbons (Fsp3) is 0.647. The van der Waals surface area contributed by atoms with E-state index in [-0.39, 0.29) is 11.9 Å². The fourth-order valence-corrected chi connectivity index (χ4v) is 1.91. The Morgan fingerprint density at radius 1 is 0.667 bits per heavy atom. The lowest BCUT2D eigenvalue weighted by atomic mass is 10.1. The molecule has 0 aromatic rings. The first kappa shape index (κ1) is 19.4. The Morgan fingerprint density at radius 2 is 0.952 bits per heavy atom. The molecule has 0 heterocycles. The highest BCUT2D eigenvalue weighted by atomic mass is 16.5. The zero-order valence-corrected chi connectivity index (χ0v) is 13.4. The normalized spacial score (nSPS) is 10.0. The second kappa shape index (κ2) is 12.2. The molecule has 120 valence electrons. The van der Waals surface area contributed by atoms with Gasteiger partial charge in [-0.15, -0.1) is 0 Å². The largest absolute Gasteiger partial charge is 0.432 e. The van der Waals surface area contributed by atoms with Crippen molar-refractivity contribution in [3.63, 3.8) is 0 Å². The second-order valence-corrected chi connectivity index (χ2v) is 5.33. The van der Waals surface area contributed by atoms with E-state index in [2.05, 4.69) is 13.2 Å². The summed E-state index contributed by atoms with van der Waals surface area (Å²) in [4.78, 5) is 22.5. The molecule has 0 bridgehead atoms. The van der Waals surface area contributed by atoms with Crippen LogP contribution in [0.4, 0.5) is 0 Å². The van der Waals surface area contributed by atoms with E-state index in [1.165, 1.54) is 0 Å². The molecule has 0 unspecified atom stereocenters. The molecular formula is C17H28O4. The Labute approximate surface area is 128 Å². The van der Waals surface area contributed by atoms with Crippen LogP contribution in [0.25, 0.3) is 0 Å². The number of carbonyl (C=O) groups is 2. The first-order chi connectivity index (χ1) is 9.91. The van der Waals surface area contributed by atoms with Gasteiger partial charge < -0.3 is 9.47 Å². The molecule has 0 aromatic carbocycles. The van der Waals surface area contributed by atoms with E-state index in [0.717, 1.165) is 44.9 Å². The van der Waals surface area contributed by atoms with Gasteiger partial charge in [0.05, 0.1) is 11.5 Å². The predicted octanol–water partition coefficient (Wildman–Crippen LogP) is 4.65. The maximum atomic E-state index is 11.2. The number of rotatable bonds is 12. The molecule has 0 saturated heterocycles. The molecule has 0 fully saturated rings. The first-order valence-corrected chi connectivity index (χ1v) is 7.64. The van der Waals surface area contributed by atoms with E-state index in [1.54, 1.807) is 13.8 Å². The molecule has 0 aliphatic carbocycles.